The Kier molecular flexibility index (Phi) is 27.2. The maximum absolute atomic E-state index is 11.8. The summed E-state index contributed by atoms with van der Waals surface area (Å²) in [5, 5.41) is 0. The van der Waals surface area contributed by atoms with Crippen molar-refractivity contribution in [2.24, 2.45) is 0 Å². The third kappa shape index (κ3) is 26.1. The van der Waals surface area contributed by atoms with Crippen molar-refractivity contribution >= 4 is 7.82 Å². The van der Waals surface area contributed by atoms with Gasteiger partial charge in [-0.15, -0.1) is 0 Å². The lowest BCUT2D eigenvalue weighted by Gasteiger charge is -2.12. The van der Waals surface area contributed by atoms with Crippen molar-refractivity contribution < 1.29 is 18.5 Å². The van der Waals surface area contributed by atoms with Crippen LogP contribution in [0, 0.1) is 0 Å². The molecule has 30 heavy (non-hydrogen) atoms. The molecule has 0 rings (SSSR count). The molecule has 0 saturated carbocycles. The Morgan fingerprint density at radius 3 is 1.00 bits per heavy atom. The van der Waals surface area contributed by atoms with Crippen molar-refractivity contribution in [1.29, 1.82) is 0 Å². The number of rotatable bonds is 24. The Labute approximate surface area is 188 Å². The summed E-state index contributed by atoms with van der Waals surface area (Å²) in [5.74, 6) is 0. The summed E-state index contributed by atoms with van der Waals surface area (Å²) in [4.78, 5) is 9.71. The Bertz CT molecular complexity index is 339. The van der Waals surface area contributed by atoms with Crippen LogP contribution in [0.3, 0.4) is 0 Å². The number of phosphoric acid groups is 1. The smallest absolute Gasteiger partial charge is 0.344 e. The van der Waals surface area contributed by atoms with Crippen LogP contribution in [-0.4, -0.2) is 18.1 Å². The van der Waals surface area contributed by atoms with Gasteiger partial charge in [0.25, 0.3) is 0 Å². The molecule has 0 aromatic rings. The molecule has 0 amide bonds. The molecule has 0 unspecified atom stereocenters. The minimum atomic E-state index is -3.85. The van der Waals surface area contributed by atoms with E-state index in [4.69, 9.17) is 9.05 Å². The quantitative estimate of drug-likeness (QED) is 0.113. The van der Waals surface area contributed by atoms with Crippen molar-refractivity contribution in [1.82, 2.24) is 6.15 Å². The molecule has 0 radical (unpaired) electrons. The van der Waals surface area contributed by atoms with E-state index in [9.17, 15) is 9.46 Å². The SMILES string of the molecule is CCCCCCCCCCCCOP(=O)(O)OCCCCCCCCCCCC.N. The van der Waals surface area contributed by atoms with Gasteiger partial charge in [0.2, 0.25) is 0 Å². The van der Waals surface area contributed by atoms with Gasteiger partial charge in [0.15, 0.2) is 0 Å². The molecule has 0 heterocycles. The van der Waals surface area contributed by atoms with Gasteiger partial charge < -0.3 is 11.0 Å². The normalized spacial score (nSPS) is 11.6. The Morgan fingerprint density at radius 1 is 0.500 bits per heavy atom. The first-order valence-corrected chi connectivity index (χ1v) is 14.2. The Morgan fingerprint density at radius 2 is 0.733 bits per heavy atom. The van der Waals surface area contributed by atoms with Gasteiger partial charge in [0.1, 0.15) is 0 Å². The molecule has 0 aliphatic heterocycles. The van der Waals surface area contributed by atoms with E-state index in [0.29, 0.717) is 13.2 Å². The number of unbranched alkanes of at least 4 members (excludes halogenated alkanes) is 18. The highest BCUT2D eigenvalue weighted by Gasteiger charge is 2.19. The molecule has 0 spiro atoms. The van der Waals surface area contributed by atoms with Crippen LogP contribution < -0.4 is 6.15 Å². The van der Waals surface area contributed by atoms with E-state index in [1.807, 2.05) is 0 Å². The zero-order chi connectivity index (χ0) is 21.5. The first kappa shape index (κ1) is 32.3. The fourth-order valence-electron chi connectivity index (χ4n) is 3.58. The van der Waals surface area contributed by atoms with Crippen molar-refractivity contribution in [2.75, 3.05) is 13.2 Å². The molecule has 0 aromatic carbocycles. The third-order valence-corrected chi connectivity index (χ3v) is 6.52. The van der Waals surface area contributed by atoms with Crippen molar-refractivity contribution in [3.05, 3.63) is 0 Å². The molecule has 5 nitrogen and oxygen atoms in total. The monoisotopic (exact) mass is 451 g/mol. The van der Waals surface area contributed by atoms with E-state index in [1.165, 1.54) is 103 Å². The summed E-state index contributed by atoms with van der Waals surface area (Å²) in [7, 11) is -3.85. The highest BCUT2D eigenvalue weighted by Crippen LogP contribution is 2.43. The van der Waals surface area contributed by atoms with E-state index in [2.05, 4.69) is 13.8 Å². The van der Waals surface area contributed by atoms with Crippen LogP contribution in [0.15, 0.2) is 0 Å². The van der Waals surface area contributed by atoms with Gasteiger partial charge in [-0.05, 0) is 12.8 Å². The highest BCUT2D eigenvalue weighted by atomic mass is 31.2. The molecule has 6 heteroatoms. The molecule has 0 aliphatic carbocycles. The molecular weight excluding hydrogens is 397 g/mol. The van der Waals surface area contributed by atoms with Gasteiger partial charge in [0.05, 0.1) is 13.2 Å². The standard InChI is InChI=1S/C24H51O4P.H3N/c1-3-5-7-9-11-13-15-17-19-21-23-27-29(25,26)28-24-22-20-18-16-14-12-10-8-6-4-2;/h3-24H2,1-2H3,(H,25,26);1H3. The van der Waals surface area contributed by atoms with Gasteiger partial charge in [-0.25, -0.2) is 4.57 Å². The molecule has 0 fully saturated rings. The molecule has 0 atom stereocenters. The summed E-state index contributed by atoms with van der Waals surface area (Å²) >= 11 is 0. The Hall–Kier alpha value is 0.0700. The highest BCUT2D eigenvalue weighted by molar-refractivity contribution is 7.47. The van der Waals surface area contributed by atoms with Gasteiger partial charge in [0, 0.05) is 0 Å². The van der Waals surface area contributed by atoms with Gasteiger partial charge in [-0.2, -0.15) is 0 Å². The van der Waals surface area contributed by atoms with Crippen molar-refractivity contribution in [3.8, 4) is 0 Å². The average molecular weight is 452 g/mol. The Balaban J connectivity index is 0. The number of phosphoric ester groups is 1. The molecule has 184 valence electrons. The van der Waals surface area contributed by atoms with Crippen LogP contribution in [0.2, 0.25) is 0 Å². The summed E-state index contributed by atoms with van der Waals surface area (Å²) in [6.07, 6.45) is 24.8. The van der Waals surface area contributed by atoms with E-state index >= 15 is 0 Å². The summed E-state index contributed by atoms with van der Waals surface area (Å²) in [6.45, 7) is 5.14. The molecule has 0 aliphatic rings. The van der Waals surface area contributed by atoms with E-state index in [0.717, 1.165) is 25.7 Å². The van der Waals surface area contributed by atoms with Gasteiger partial charge in [-0.3, -0.25) is 9.05 Å². The van der Waals surface area contributed by atoms with Crippen LogP contribution in [0.5, 0.6) is 0 Å². The predicted molar refractivity (Wildman–Crippen MR) is 130 cm³/mol. The fourth-order valence-corrected chi connectivity index (χ4v) is 4.37. The second-order valence-corrected chi connectivity index (χ2v) is 9.95. The number of hydrogen-bond acceptors (Lipinski definition) is 4. The van der Waals surface area contributed by atoms with E-state index in [1.54, 1.807) is 0 Å². The van der Waals surface area contributed by atoms with Gasteiger partial charge in [-0.1, -0.05) is 129 Å². The van der Waals surface area contributed by atoms with Crippen molar-refractivity contribution in [2.45, 2.75) is 142 Å². The zero-order valence-corrected chi connectivity index (χ0v) is 21.3. The molecule has 0 saturated heterocycles. The number of hydrogen-bond donors (Lipinski definition) is 2. The second kappa shape index (κ2) is 25.3. The molecule has 0 bridgehead atoms. The van der Waals surface area contributed by atoms with Crippen LogP contribution >= 0.6 is 7.82 Å². The fraction of sp³-hybridized carbons (Fsp3) is 1.00. The van der Waals surface area contributed by atoms with Crippen LogP contribution in [-0.2, 0) is 13.6 Å². The van der Waals surface area contributed by atoms with Crippen molar-refractivity contribution in [3.63, 3.8) is 0 Å². The maximum atomic E-state index is 11.8. The molecule has 0 aromatic heterocycles. The lowest BCUT2D eigenvalue weighted by atomic mass is 10.1. The third-order valence-electron chi connectivity index (χ3n) is 5.50. The predicted octanol–water partition coefficient (Wildman–Crippen LogP) is 9.12. The molecular formula is C24H54NO4P. The van der Waals surface area contributed by atoms with Gasteiger partial charge >= 0.3 is 7.82 Å². The molecule has 4 N–H and O–H groups in total. The van der Waals surface area contributed by atoms with Crippen LogP contribution in [0.25, 0.3) is 0 Å². The first-order chi connectivity index (χ1) is 14.1. The maximum Gasteiger partial charge on any atom is 0.472 e. The largest absolute Gasteiger partial charge is 0.472 e. The minimum absolute atomic E-state index is 0. The summed E-state index contributed by atoms with van der Waals surface area (Å²) in [5.41, 5.74) is 0. The van der Waals surface area contributed by atoms with Crippen LogP contribution in [0.1, 0.15) is 142 Å². The lowest BCUT2D eigenvalue weighted by Crippen LogP contribution is -1.99. The van der Waals surface area contributed by atoms with E-state index < -0.39 is 7.82 Å². The summed E-state index contributed by atoms with van der Waals surface area (Å²) in [6, 6.07) is 0. The van der Waals surface area contributed by atoms with Crippen LogP contribution in [0.4, 0.5) is 0 Å². The average Bonchev–Trinajstić information content (AvgIpc) is 2.70. The lowest BCUT2D eigenvalue weighted by molar-refractivity contribution is 0.145. The first-order valence-electron chi connectivity index (χ1n) is 12.7. The summed E-state index contributed by atoms with van der Waals surface area (Å²) < 4.78 is 22.0. The van der Waals surface area contributed by atoms with E-state index in [-0.39, 0.29) is 6.15 Å². The minimum Gasteiger partial charge on any atom is -0.344 e. The second-order valence-electron chi connectivity index (χ2n) is 8.50. The topological polar surface area (TPSA) is 90.8 Å². The zero-order valence-electron chi connectivity index (χ0n) is 20.4.